The first kappa shape index (κ1) is 17.5. The van der Waals surface area contributed by atoms with E-state index in [1.807, 2.05) is 66.7 Å². The summed E-state index contributed by atoms with van der Waals surface area (Å²) < 4.78 is 1.28. The van der Waals surface area contributed by atoms with Crippen molar-refractivity contribution in [3.8, 4) is 0 Å². The van der Waals surface area contributed by atoms with E-state index in [4.69, 9.17) is 0 Å². The van der Waals surface area contributed by atoms with Gasteiger partial charge in [-0.2, -0.15) is 0 Å². The number of aromatic nitrogens is 1. The summed E-state index contributed by atoms with van der Waals surface area (Å²) in [6.45, 7) is 14.0. The van der Waals surface area contributed by atoms with E-state index in [0.717, 1.165) is 10.5 Å². The summed E-state index contributed by atoms with van der Waals surface area (Å²) in [5, 5.41) is 1.14. The maximum Gasteiger partial charge on any atom is 0.0907 e. The molecule has 0 N–H and O–H groups in total. The molecule has 2 heteroatoms. The van der Waals surface area contributed by atoms with Gasteiger partial charge in [-0.05, 0) is 19.1 Å². The molecule has 1 aromatic carbocycles. The topological polar surface area (TPSA) is 12.9 Å². The van der Waals surface area contributed by atoms with Gasteiger partial charge in [0.05, 0.1) is 15.2 Å². The van der Waals surface area contributed by atoms with E-state index in [0.29, 0.717) is 0 Å². The standard InChI is InChI=1S/C8H7NS.3C2H6/c1-6-9-7-4-2-3-5-8(7)10-6;3*1-2/h2-5H,1H3;3*1-2H3. The third kappa shape index (κ3) is 5.86. The number of hydrogen-bond donors (Lipinski definition) is 0. The predicted molar refractivity (Wildman–Crippen MR) is 78.4 cm³/mol. The van der Waals surface area contributed by atoms with Crippen molar-refractivity contribution in [1.82, 2.24) is 4.98 Å². The third-order valence-corrected chi connectivity index (χ3v) is 2.35. The normalized spacial score (nSPS) is 7.69. The van der Waals surface area contributed by atoms with Crippen molar-refractivity contribution in [2.75, 3.05) is 0 Å². The van der Waals surface area contributed by atoms with Gasteiger partial charge >= 0.3 is 0 Å². The highest BCUT2D eigenvalue weighted by Gasteiger charge is 1.95. The van der Waals surface area contributed by atoms with Crippen molar-refractivity contribution in [2.24, 2.45) is 0 Å². The molecule has 0 aliphatic heterocycles. The largest absolute Gasteiger partial charge is 0.242 e. The molecular formula is C14H25NS. The number of thiazole rings is 1. The number of rotatable bonds is 0. The zero-order chi connectivity index (χ0) is 13.0. The van der Waals surface area contributed by atoms with Crippen molar-refractivity contribution in [1.29, 1.82) is 0 Å². The van der Waals surface area contributed by atoms with Crippen LogP contribution >= 0.6 is 11.3 Å². The molecule has 2 aromatic rings. The number of benzene rings is 1. The van der Waals surface area contributed by atoms with Crippen LogP contribution in [0.3, 0.4) is 0 Å². The monoisotopic (exact) mass is 239 g/mol. The average molecular weight is 239 g/mol. The van der Waals surface area contributed by atoms with E-state index in [9.17, 15) is 0 Å². The lowest BCUT2D eigenvalue weighted by Gasteiger charge is -1.80. The first-order valence-corrected chi connectivity index (χ1v) is 7.00. The summed E-state index contributed by atoms with van der Waals surface area (Å²) in [4.78, 5) is 4.33. The molecule has 0 fully saturated rings. The lowest BCUT2D eigenvalue weighted by molar-refractivity contribution is 1.35. The fraction of sp³-hybridized carbons (Fsp3) is 0.500. The van der Waals surface area contributed by atoms with Gasteiger partial charge in [-0.1, -0.05) is 53.7 Å². The van der Waals surface area contributed by atoms with Crippen molar-refractivity contribution in [2.45, 2.75) is 48.5 Å². The van der Waals surface area contributed by atoms with Crippen molar-refractivity contribution in [3.63, 3.8) is 0 Å². The first-order valence-electron chi connectivity index (χ1n) is 6.18. The lowest BCUT2D eigenvalue weighted by Crippen LogP contribution is -1.65. The summed E-state index contributed by atoms with van der Waals surface area (Å²) in [6.07, 6.45) is 0. The maximum absolute atomic E-state index is 4.33. The van der Waals surface area contributed by atoms with Crippen LogP contribution in [0.1, 0.15) is 46.6 Å². The van der Waals surface area contributed by atoms with Gasteiger partial charge in [-0.25, -0.2) is 4.98 Å². The molecule has 1 heterocycles. The Labute approximate surface area is 105 Å². The van der Waals surface area contributed by atoms with Crippen molar-refractivity contribution < 1.29 is 0 Å². The number of fused-ring (bicyclic) bond motifs is 1. The zero-order valence-corrected chi connectivity index (χ0v) is 12.5. The molecule has 0 saturated heterocycles. The highest BCUT2D eigenvalue weighted by atomic mass is 32.1. The second kappa shape index (κ2) is 12.2. The molecule has 16 heavy (non-hydrogen) atoms. The van der Waals surface area contributed by atoms with Gasteiger partial charge in [0.1, 0.15) is 0 Å². The summed E-state index contributed by atoms with van der Waals surface area (Å²) in [5.74, 6) is 0. The summed E-state index contributed by atoms with van der Waals surface area (Å²) >= 11 is 1.74. The number of aryl methyl sites for hydroxylation is 1. The van der Waals surface area contributed by atoms with E-state index < -0.39 is 0 Å². The van der Waals surface area contributed by atoms with Gasteiger partial charge in [-0.15, -0.1) is 11.3 Å². The molecule has 0 aliphatic rings. The van der Waals surface area contributed by atoms with E-state index in [2.05, 4.69) is 11.1 Å². The Morgan fingerprint density at radius 1 is 0.875 bits per heavy atom. The molecule has 0 amide bonds. The average Bonchev–Trinajstić information content (AvgIpc) is 2.76. The van der Waals surface area contributed by atoms with Crippen LogP contribution in [0.5, 0.6) is 0 Å². The summed E-state index contributed by atoms with van der Waals surface area (Å²) in [6, 6.07) is 8.19. The Morgan fingerprint density at radius 2 is 1.38 bits per heavy atom. The van der Waals surface area contributed by atoms with Crippen LogP contribution in [0.25, 0.3) is 10.2 Å². The Morgan fingerprint density at radius 3 is 1.88 bits per heavy atom. The van der Waals surface area contributed by atoms with E-state index in [-0.39, 0.29) is 0 Å². The van der Waals surface area contributed by atoms with Gasteiger partial charge < -0.3 is 0 Å². The molecule has 0 saturated carbocycles. The van der Waals surface area contributed by atoms with Crippen molar-refractivity contribution >= 4 is 21.6 Å². The van der Waals surface area contributed by atoms with Crippen LogP contribution in [-0.4, -0.2) is 4.98 Å². The fourth-order valence-electron chi connectivity index (χ4n) is 0.987. The predicted octanol–water partition coefficient (Wildman–Crippen LogP) is 5.68. The van der Waals surface area contributed by atoms with Gasteiger partial charge in [0.2, 0.25) is 0 Å². The molecule has 0 spiro atoms. The molecule has 0 aliphatic carbocycles. The van der Waals surface area contributed by atoms with Crippen molar-refractivity contribution in [3.05, 3.63) is 29.3 Å². The number of hydrogen-bond acceptors (Lipinski definition) is 2. The fourth-order valence-corrected chi connectivity index (χ4v) is 1.81. The van der Waals surface area contributed by atoms with E-state index >= 15 is 0 Å². The Kier molecular flexibility index (Phi) is 13.3. The highest BCUT2D eigenvalue weighted by Crippen LogP contribution is 2.19. The Balaban J connectivity index is 0. The second-order valence-corrected chi connectivity index (χ2v) is 3.44. The second-order valence-electron chi connectivity index (χ2n) is 2.20. The smallest absolute Gasteiger partial charge is 0.0907 e. The molecule has 2 rings (SSSR count). The molecular weight excluding hydrogens is 214 g/mol. The molecule has 0 atom stereocenters. The summed E-state index contributed by atoms with van der Waals surface area (Å²) in [5.41, 5.74) is 1.12. The minimum absolute atomic E-state index is 1.12. The molecule has 1 aromatic heterocycles. The molecule has 1 nitrogen and oxygen atoms in total. The quantitative estimate of drug-likeness (QED) is 0.576. The maximum atomic E-state index is 4.33. The lowest BCUT2D eigenvalue weighted by atomic mass is 10.3. The number of para-hydroxylation sites is 1. The minimum Gasteiger partial charge on any atom is -0.242 e. The molecule has 0 radical (unpaired) electrons. The van der Waals surface area contributed by atoms with Gasteiger partial charge in [0.15, 0.2) is 0 Å². The first-order chi connectivity index (χ1) is 7.86. The molecule has 0 bridgehead atoms. The van der Waals surface area contributed by atoms with E-state index in [1.54, 1.807) is 11.3 Å². The molecule has 0 unspecified atom stereocenters. The van der Waals surface area contributed by atoms with Crippen LogP contribution in [0.15, 0.2) is 24.3 Å². The van der Waals surface area contributed by atoms with Crippen LogP contribution in [-0.2, 0) is 0 Å². The van der Waals surface area contributed by atoms with Gasteiger partial charge in [-0.3, -0.25) is 0 Å². The van der Waals surface area contributed by atoms with Gasteiger partial charge in [0, 0.05) is 0 Å². The van der Waals surface area contributed by atoms with Crippen LogP contribution in [0, 0.1) is 6.92 Å². The third-order valence-electron chi connectivity index (χ3n) is 1.40. The van der Waals surface area contributed by atoms with Gasteiger partial charge in [0.25, 0.3) is 0 Å². The number of nitrogens with zero attached hydrogens (tertiary/aromatic N) is 1. The van der Waals surface area contributed by atoms with Crippen LogP contribution in [0.2, 0.25) is 0 Å². The Hall–Kier alpha value is -0.890. The summed E-state index contributed by atoms with van der Waals surface area (Å²) in [7, 11) is 0. The van der Waals surface area contributed by atoms with Crippen LogP contribution < -0.4 is 0 Å². The molecule has 92 valence electrons. The Bertz CT molecular complexity index is 319. The zero-order valence-electron chi connectivity index (χ0n) is 11.7. The van der Waals surface area contributed by atoms with Crippen LogP contribution in [0.4, 0.5) is 0 Å². The highest BCUT2D eigenvalue weighted by molar-refractivity contribution is 7.18. The SMILES string of the molecule is CC.CC.CC.Cc1nc2ccccc2s1. The minimum atomic E-state index is 1.12. The van der Waals surface area contributed by atoms with E-state index in [1.165, 1.54) is 4.70 Å².